The van der Waals surface area contributed by atoms with Crippen LogP contribution < -0.4 is 10.1 Å². The highest BCUT2D eigenvalue weighted by Gasteiger charge is 2.24. The first kappa shape index (κ1) is 18.2. The minimum absolute atomic E-state index is 0.0669. The predicted octanol–water partition coefficient (Wildman–Crippen LogP) is 3.47. The number of benzene rings is 2. The maximum absolute atomic E-state index is 12.5. The second-order valence-corrected chi connectivity index (χ2v) is 6.49. The number of ether oxygens (including phenoxy) is 1. The second-order valence-electron chi connectivity index (χ2n) is 6.06. The van der Waals surface area contributed by atoms with E-state index >= 15 is 0 Å². The fourth-order valence-electron chi connectivity index (χ4n) is 2.85. The Morgan fingerprint density at radius 3 is 2.65 bits per heavy atom. The van der Waals surface area contributed by atoms with Gasteiger partial charge in [-0.05, 0) is 49.4 Å². The Morgan fingerprint density at radius 2 is 2.04 bits per heavy atom. The van der Waals surface area contributed by atoms with E-state index in [-0.39, 0.29) is 28.4 Å². The number of carbonyl (C=O) groups excluding carboxylic acids is 1. The number of hydrogen-bond donors (Lipinski definition) is 1. The Kier molecular flexibility index (Phi) is 5.39. The average Bonchev–Trinajstić information content (AvgIpc) is 3.17. The molecule has 1 atom stereocenters. The number of amides is 1. The molecule has 1 saturated heterocycles. The van der Waals surface area contributed by atoms with Crippen LogP contribution in [0.5, 0.6) is 11.5 Å². The molecule has 1 unspecified atom stereocenters. The molecule has 2 aromatic carbocycles. The number of carbonyl (C=O) groups is 1. The lowest BCUT2D eigenvalue weighted by Gasteiger charge is -2.23. The maximum atomic E-state index is 12.5. The van der Waals surface area contributed by atoms with Crippen molar-refractivity contribution in [2.45, 2.75) is 12.5 Å². The van der Waals surface area contributed by atoms with Crippen molar-refractivity contribution in [1.29, 1.82) is 0 Å². The first-order chi connectivity index (χ1) is 12.5. The quantitative estimate of drug-likeness (QED) is 0.638. The summed E-state index contributed by atoms with van der Waals surface area (Å²) in [5.74, 6) is 0.424. The highest BCUT2D eigenvalue weighted by atomic mass is 35.5. The molecule has 1 amide bonds. The first-order valence-electron chi connectivity index (χ1n) is 8.15. The normalized spacial score (nSPS) is 16.3. The number of rotatable bonds is 5. The van der Waals surface area contributed by atoms with Gasteiger partial charge in [0, 0.05) is 36.3 Å². The molecule has 1 heterocycles. The molecule has 0 spiro atoms. The Bertz CT molecular complexity index is 820. The van der Waals surface area contributed by atoms with Crippen molar-refractivity contribution < 1.29 is 14.5 Å². The van der Waals surface area contributed by atoms with Crippen LogP contribution in [0.4, 0.5) is 5.69 Å². The van der Waals surface area contributed by atoms with Gasteiger partial charge in [-0.25, -0.2) is 0 Å². The van der Waals surface area contributed by atoms with Gasteiger partial charge in [0.05, 0.1) is 4.92 Å². The summed E-state index contributed by atoms with van der Waals surface area (Å²) in [6.45, 7) is 1.71. The molecule has 0 aliphatic carbocycles. The summed E-state index contributed by atoms with van der Waals surface area (Å²) < 4.78 is 5.59. The van der Waals surface area contributed by atoms with Gasteiger partial charge in [0.15, 0.2) is 0 Å². The first-order valence-corrected chi connectivity index (χ1v) is 8.53. The Hall–Kier alpha value is -2.64. The molecule has 1 aliphatic rings. The Labute approximate surface area is 155 Å². The standard InChI is InChI=1S/C18H18ClN3O4/c1-21(14-8-9-20-11-14)18(23)12-2-5-15(6-3-12)26-17-7-4-13(19)10-16(17)22(24)25/h2-7,10,14,20H,8-9,11H2,1H3. The molecule has 1 fully saturated rings. The van der Waals surface area contributed by atoms with Crippen LogP contribution in [-0.2, 0) is 0 Å². The van der Waals surface area contributed by atoms with Gasteiger partial charge in [-0.15, -0.1) is 0 Å². The van der Waals surface area contributed by atoms with Gasteiger partial charge < -0.3 is 15.0 Å². The molecular formula is C18H18ClN3O4. The third-order valence-electron chi connectivity index (χ3n) is 4.35. The van der Waals surface area contributed by atoms with E-state index in [0.29, 0.717) is 11.3 Å². The summed E-state index contributed by atoms with van der Waals surface area (Å²) in [6, 6.07) is 10.9. The molecule has 0 bridgehead atoms. The molecule has 136 valence electrons. The molecular weight excluding hydrogens is 358 g/mol. The molecule has 0 aromatic heterocycles. The lowest BCUT2D eigenvalue weighted by atomic mass is 10.1. The fourth-order valence-corrected chi connectivity index (χ4v) is 3.02. The zero-order valence-electron chi connectivity index (χ0n) is 14.1. The van der Waals surface area contributed by atoms with Crippen molar-refractivity contribution in [3.63, 3.8) is 0 Å². The van der Waals surface area contributed by atoms with Crippen LogP contribution in [0, 0.1) is 10.1 Å². The maximum Gasteiger partial charge on any atom is 0.313 e. The SMILES string of the molecule is CN(C(=O)c1ccc(Oc2ccc(Cl)cc2[N+](=O)[O-])cc1)C1CCNC1. The highest BCUT2D eigenvalue weighted by molar-refractivity contribution is 6.30. The largest absolute Gasteiger partial charge is 0.450 e. The van der Waals surface area contributed by atoms with Crippen LogP contribution >= 0.6 is 11.6 Å². The molecule has 8 heteroatoms. The third kappa shape index (κ3) is 3.95. The van der Waals surface area contributed by atoms with E-state index in [9.17, 15) is 14.9 Å². The second kappa shape index (κ2) is 7.72. The Morgan fingerprint density at radius 1 is 1.31 bits per heavy atom. The molecule has 0 saturated carbocycles. The van der Waals surface area contributed by atoms with E-state index in [1.165, 1.54) is 18.2 Å². The fraction of sp³-hybridized carbons (Fsp3) is 0.278. The van der Waals surface area contributed by atoms with E-state index in [0.717, 1.165) is 19.5 Å². The van der Waals surface area contributed by atoms with Crippen LogP contribution in [0.3, 0.4) is 0 Å². The summed E-state index contributed by atoms with van der Waals surface area (Å²) in [5.41, 5.74) is 0.323. The Balaban J connectivity index is 1.74. The number of hydrogen-bond acceptors (Lipinski definition) is 5. The minimum atomic E-state index is -0.552. The van der Waals surface area contributed by atoms with Crippen LogP contribution in [0.15, 0.2) is 42.5 Å². The van der Waals surface area contributed by atoms with E-state index < -0.39 is 4.92 Å². The number of nitrogens with one attached hydrogen (secondary N) is 1. The van der Waals surface area contributed by atoms with Gasteiger partial charge in [0.1, 0.15) is 5.75 Å². The number of nitro groups is 1. The van der Waals surface area contributed by atoms with Crippen molar-refractivity contribution in [2.24, 2.45) is 0 Å². The van der Waals surface area contributed by atoms with Gasteiger partial charge in [-0.3, -0.25) is 14.9 Å². The molecule has 7 nitrogen and oxygen atoms in total. The zero-order valence-corrected chi connectivity index (χ0v) is 14.9. The smallest absolute Gasteiger partial charge is 0.313 e. The molecule has 3 rings (SSSR count). The molecule has 1 N–H and O–H groups in total. The topological polar surface area (TPSA) is 84.7 Å². The summed E-state index contributed by atoms with van der Waals surface area (Å²) in [4.78, 5) is 24.8. The predicted molar refractivity (Wildman–Crippen MR) is 98.0 cm³/mol. The summed E-state index contributed by atoms with van der Waals surface area (Å²) >= 11 is 5.80. The number of nitro benzene ring substituents is 1. The van der Waals surface area contributed by atoms with E-state index in [2.05, 4.69) is 5.32 Å². The summed E-state index contributed by atoms with van der Waals surface area (Å²) in [7, 11) is 1.79. The summed E-state index contributed by atoms with van der Waals surface area (Å²) in [5, 5.41) is 14.6. The van der Waals surface area contributed by atoms with Crippen LogP contribution in [0.25, 0.3) is 0 Å². The molecule has 0 radical (unpaired) electrons. The lowest BCUT2D eigenvalue weighted by molar-refractivity contribution is -0.385. The van der Waals surface area contributed by atoms with E-state index in [1.54, 1.807) is 36.2 Å². The molecule has 1 aliphatic heterocycles. The molecule has 26 heavy (non-hydrogen) atoms. The van der Waals surface area contributed by atoms with Crippen LogP contribution in [0.2, 0.25) is 5.02 Å². The summed E-state index contributed by atoms with van der Waals surface area (Å²) in [6.07, 6.45) is 0.934. The molecule has 2 aromatic rings. The lowest BCUT2D eigenvalue weighted by Crippen LogP contribution is -2.38. The number of nitrogens with zero attached hydrogens (tertiary/aromatic N) is 2. The van der Waals surface area contributed by atoms with Gasteiger partial charge in [-0.1, -0.05) is 11.6 Å². The van der Waals surface area contributed by atoms with E-state index in [1.807, 2.05) is 0 Å². The van der Waals surface area contributed by atoms with Crippen molar-refractivity contribution in [3.05, 3.63) is 63.2 Å². The van der Waals surface area contributed by atoms with E-state index in [4.69, 9.17) is 16.3 Å². The monoisotopic (exact) mass is 375 g/mol. The van der Waals surface area contributed by atoms with Crippen LogP contribution in [-0.4, -0.2) is 41.9 Å². The average molecular weight is 376 g/mol. The minimum Gasteiger partial charge on any atom is -0.450 e. The number of likely N-dealkylation sites (N-methyl/N-ethyl adjacent to an activating group) is 1. The van der Waals surface area contributed by atoms with Crippen molar-refractivity contribution >= 4 is 23.2 Å². The third-order valence-corrected chi connectivity index (χ3v) is 4.58. The number of halogens is 1. The van der Waals surface area contributed by atoms with Gasteiger partial charge in [0.2, 0.25) is 5.75 Å². The van der Waals surface area contributed by atoms with Crippen LogP contribution in [0.1, 0.15) is 16.8 Å². The van der Waals surface area contributed by atoms with Crippen molar-refractivity contribution in [2.75, 3.05) is 20.1 Å². The van der Waals surface area contributed by atoms with Gasteiger partial charge in [0.25, 0.3) is 5.91 Å². The van der Waals surface area contributed by atoms with Gasteiger partial charge in [-0.2, -0.15) is 0 Å². The highest BCUT2D eigenvalue weighted by Crippen LogP contribution is 2.33. The van der Waals surface area contributed by atoms with Gasteiger partial charge >= 0.3 is 5.69 Å². The zero-order chi connectivity index (χ0) is 18.7. The van der Waals surface area contributed by atoms with Crippen molar-refractivity contribution in [3.8, 4) is 11.5 Å². The van der Waals surface area contributed by atoms with Crippen molar-refractivity contribution in [1.82, 2.24) is 10.2 Å².